The standard InChI is InChI=1S/C24H28N4O2/c1-17-13-21(19(3)28(17)23-14-18(2)30-26-23)9-10-24(29)25-22-11-12-27(16-22)15-20-7-5-4-6-8-20/h4-10,13-14,22H,11-12,15-16H2,1-3H3,(H,25,29)/b10-9+/t22-/m0/s1. The monoisotopic (exact) mass is 404 g/mol. The Hall–Kier alpha value is -3.12. The SMILES string of the molecule is Cc1cc(-n2c(C)cc(/C=C/C(=O)N[C@H]3CCN(Cc4ccccc4)C3)c2C)no1. The van der Waals surface area contributed by atoms with Crippen molar-refractivity contribution in [2.45, 2.75) is 39.8 Å². The summed E-state index contributed by atoms with van der Waals surface area (Å²) < 4.78 is 7.23. The smallest absolute Gasteiger partial charge is 0.244 e. The minimum Gasteiger partial charge on any atom is -0.360 e. The predicted octanol–water partition coefficient (Wildman–Crippen LogP) is 3.79. The van der Waals surface area contributed by atoms with Crippen molar-refractivity contribution in [2.24, 2.45) is 0 Å². The van der Waals surface area contributed by atoms with E-state index in [0.29, 0.717) is 0 Å². The summed E-state index contributed by atoms with van der Waals surface area (Å²) in [5, 5.41) is 7.24. The fourth-order valence-electron chi connectivity index (χ4n) is 4.12. The Balaban J connectivity index is 1.34. The molecule has 1 aliphatic rings. The van der Waals surface area contributed by atoms with E-state index in [-0.39, 0.29) is 11.9 Å². The number of benzene rings is 1. The molecule has 1 saturated heterocycles. The molecule has 1 aromatic carbocycles. The molecule has 0 aliphatic carbocycles. The average Bonchev–Trinajstić information content (AvgIpc) is 3.41. The van der Waals surface area contributed by atoms with E-state index in [1.807, 2.05) is 43.5 Å². The third-order valence-electron chi connectivity index (χ3n) is 5.60. The highest BCUT2D eigenvalue weighted by atomic mass is 16.5. The zero-order chi connectivity index (χ0) is 21.1. The van der Waals surface area contributed by atoms with Crippen molar-refractivity contribution in [3.8, 4) is 5.82 Å². The van der Waals surface area contributed by atoms with Crippen molar-refractivity contribution in [3.05, 3.63) is 76.8 Å². The Morgan fingerprint density at radius 3 is 2.77 bits per heavy atom. The van der Waals surface area contributed by atoms with Crippen LogP contribution in [0.15, 0.2) is 53.1 Å². The molecule has 3 aromatic rings. The van der Waals surface area contributed by atoms with Gasteiger partial charge in [0.15, 0.2) is 5.82 Å². The van der Waals surface area contributed by atoms with Crippen LogP contribution in [0.3, 0.4) is 0 Å². The summed E-state index contributed by atoms with van der Waals surface area (Å²) in [7, 11) is 0. The first-order valence-electron chi connectivity index (χ1n) is 10.4. The second-order valence-corrected chi connectivity index (χ2v) is 8.01. The number of rotatable bonds is 6. The van der Waals surface area contributed by atoms with E-state index in [1.54, 1.807) is 6.08 Å². The lowest BCUT2D eigenvalue weighted by atomic mass is 10.2. The first-order chi connectivity index (χ1) is 14.5. The second-order valence-electron chi connectivity index (χ2n) is 8.01. The number of amides is 1. The van der Waals surface area contributed by atoms with E-state index >= 15 is 0 Å². The molecule has 156 valence electrons. The van der Waals surface area contributed by atoms with Crippen molar-refractivity contribution in [1.29, 1.82) is 0 Å². The van der Waals surface area contributed by atoms with Gasteiger partial charge in [0.25, 0.3) is 0 Å². The quantitative estimate of drug-likeness (QED) is 0.635. The lowest BCUT2D eigenvalue weighted by Gasteiger charge is -2.16. The van der Waals surface area contributed by atoms with E-state index in [2.05, 4.69) is 45.7 Å². The van der Waals surface area contributed by atoms with Gasteiger partial charge in [-0.15, -0.1) is 0 Å². The van der Waals surface area contributed by atoms with Gasteiger partial charge in [-0.1, -0.05) is 35.5 Å². The van der Waals surface area contributed by atoms with Crippen LogP contribution in [0.5, 0.6) is 0 Å². The number of aryl methyl sites for hydroxylation is 2. The maximum atomic E-state index is 12.5. The summed E-state index contributed by atoms with van der Waals surface area (Å²) in [6.07, 6.45) is 4.48. The molecule has 2 aromatic heterocycles. The summed E-state index contributed by atoms with van der Waals surface area (Å²) in [5.74, 6) is 1.48. The number of likely N-dealkylation sites (tertiary alicyclic amines) is 1. The van der Waals surface area contributed by atoms with E-state index in [9.17, 15) is 4.79 Å². The maximum absolute atomic E-state index is 12.5. The third kappa shape index (κ3) is 4.54. The van der Waals surface area contributed by atoms with Crippen molar-refractivity contribution >= 4 is 12.0 Å². The van der Waals surface area contributed by atoms with Gasteiger partial charge in [0, 0.05) is 49.2 Å². The Labute approximate surface area is 177 Å². The third-order valence-corrected chi connectivity index (χ3v) is 5.60. The molecule has 1 N–H and O–H groups in total. The van der Waals surface area contributed by atoms with Gasteiger partial charge in [-0.25, -0.2) is 0 Å². The minimum atomic E-state index is -0.0522. The lowest BCUT2D eigenvalue weighted by molar-refractivity contribution is -0.117. The van der Waals surface area contributed by atoms with Crippen LogP contribution in [0, 0.1) is 20.8 Å². The largest absolute Gasteiger partial charge is 0.360 e. The van der Waals surface area contributed by atoms with E-state index in [0.717, 1.165) is 54.6 Å². The highest BCUT2D eigenvalue weighted by molar-refractivity contribution is 5.92. The van der Waals surface area contributed by atoms with Crippen LogP contribution in [-0.4, -0.2) is 39.7 Å². The van der Waals surface area contributed by atoms with Gasteiger partial charge >= 0.3 is 0 Å². The summed E-state index contributed by atoms with van der Waals surface area (Å²) in [4.78, 5) is 14.8. The molecule has 30 heavy (non-hydrogen) atoms. The van der Waals surface area contributed by atoms with Crippen molar-refractivity contribution in [1.82, 2.24) is 19.9 Å². The molecule has 1 aliphatic heterocycles. The zero-order valence-corrected chi connectivity index (χ0v) is 17.8. The molecule has 1 atom stereocenters. The van der Waals surface area contributed by atoms with Crippen LogP contribution in [0.4, 0.5) is 0 Å². The predicted molar refractivity (Wildman–Crippen MR) is 117 cm³/mol. The van der Waals surface area contributed by atoms with Crippen LogP contribution in [0.25, 0.3) is 11.9 Å². The molecule has 0 bridgehead atoms. The molecule has 6 nitrogen and oxygen atoms in total. The first-order valence-corrected chi connectivity index (χ1v) is 10.4. The highest BCUT2D eigenvalue weighted by Gasteiger charge is 2.23. The fourth-order valence-corrected chi connectivity index (χ4v) is 4.12. The van der Waals surface area contributed by atoms with Crippen LogP contribution in [0.1, 0.15) is 34.7 Å². The number of hydrogen-bond acceptors (Lipinski definition) is 4. The van der Waals surface area contributed by atoms with Crippen molar-refractivity contribution in [3.63, 3.8) is 0 Å². The number of nitrogens with zero attached hydrogens (tertiary/aromatic N) is 3. The van der Waals surface area contributed by atoms with E-state index in [4.69, 9.17) is 4.52 Å². The molecule has 0 radical (unpaired) electrons. The molecule has 6 heteroatoms. The molecular weight excluding hydrogens is 376 g/mol. The van der Waals surface area contributed by atoms with Gasteiger partial charge in [0.1, 0.15) is 5.76 Å². The topological polar surface area (TPSA) is 63.3 Å². The van der Waals surface area contributed by atoms with Crippen LogP contribution >= 0.6 is 0 Å². The summed E-state index contributed by atoms with van der Waals surface area (Å²) in [6, 6.07) is 14.6. The lowest BCUT2D eigenvalue weighted by Crippen LogP contribution is -2.35. The van der Waals surface area contributed by atoms with Crippen molar-refractivity contribution in [2.75, 3.05) is 13.1 Å². The molecule has 0 unspecified atom stereocenters. The molecule has 0 spiro atoms. The summed E-state index contributed by atoms with van der Waals surface area (Å²) in [5.41, 5.74) is 4.38. The van der Waals surface area contributed by atoms with E-state index < -0.39 is 0 Å². The molecule has 0 saturated carbocycles. The molecule has 1 amide bonds. The number of aromatic nitrogens is 2. The van der Waals surface area contributed by atoms with Crippen LogP contribution < -0.4 is 5.32 Å². The number of nitrogens with one attached hydrogen (secondary N) is 1. The minimum absolute atomic E-state index is 0.0522. The highest BCUT2D eigenvalue weighted by Crippen LogP contribution is 2.21. The van der Waals surface area contributed by atoms with Crippen LogP contribution in [0.2, 0.25) is 0 Å². The summed E-state index contributed by atoms with van der Waals surface area (Å²) in [6.45, 7) is 8.73. The first kappa shape index (κ1) is 20.2. The van der Waals surface area contributed by atoms with Crippen LogP contribution in [-0.2, 0) is 11.3 Å². The molecule has 3 heterocycles. The van der Waals surface area contributed by atoms with E-state index in [1.165, 1.54) is 5.56 Å². The summed E-state index contributed by atoms with van der Waals surface area (Å²) >= 11 is 0. The van der Waals surface area contributed by atoms with Gasteiger partial charge in [-0.05, 0) is 50.5 Å². The van der Waals surface area contributed by atoms with Crippen molar-refractivity contribution < 1.29 is 9.32 Å². The Morgan fingerprint density at radius 1 is 1.23 bits per heavy atom. The number of carbonyl (C=O) groups is 1. The maximum Gasteiger partial charge on any atom is 0.244 e. The normalized spacial score (nSPS) is 17.1. The van der Waals surface area contributed by atoms with Gasteiger partial charge in [0.05, 0.1) is 0 Å². The van der Waals surface area contributed by atoms with Gasteiger partial charge in [-0.3, -0.25) is 14.3 Å². The number of hydrogen-bond donors (Lipinski definition) is 1. The van der Waals surface area contributed by atoms with Gasteiger partial charge in [0.2, 0.25) is 5.91 Å². The zero-order valence-electron chi connectivity index (χ0n) is 17.8. The molecule has 1 fully saturated rings. The van der Waals surface area contributed by atoms with Gasteiger partial charge < -0.3 is 9.84 Å². The fraction of sp³-hybridized carbons (Fsp3) is 0.333. The molecule has 4 rings (SSSR count). The molecular formula is C24H28N4O2. The van der Waals surface area contributed by atoms with Gasteiger partial charge in [-0.2, -0.15) is 0 Å². The second kappa shape index (κ2) is 8.71. The Morgan fingerprint density at radius 2 is 2.03 bits per heavy atom. The number of carbonyl (C=O) groups excluding carboxylic acids is 1. The Bertz CT molecular complexity index is 1050. The average molecular weight is 405 g/mol. The Kier molecular flexibility index (Phi) is 5.86.